The lowest BCUT2D eigenvalue weighted by Crippen LogP contribution is -2.46. The highest BCUT2D eigenvalue weighted by Crippen LogP contribution is 2.48. The maximum Gasteiger partial charge on any atom is 0.471 e. The molecule has 2 saturated carbocycles. The Hall–Kier alpha value is -1.27. The maximum absolute atomic E-state index is 12.0. The van der Waals surface area contributed by atoms with Gasteiger partial charge < -0.3 is 10.4 Å². The van der Waals surface area contributed by atoms with Gasteiger partial charge in [-0.2, -0.15) is 13.2 Å². The van der Waals surface area contributed by atoms with E-state index >= 15 is 0 Å². The van der Waals surface area contributed by atoms with Crippen molar-refractivity contribution in [3.05, 3.63) is 0 Å². The summed E-state index contributed by atoms with van der Waals surface area (Å²) in [4.78, 5) is 21.6. The first-order valence-electron chi connectivity index (χ1n) is 5.39. The van der Waals surface area contributed by atoms with Gasteiger partial charge in [-0.15, -0.1) is 0 Å². The molecule has 2 N–H and O–H groups in total. The van der Waals surface area contributed by atoms with E-state index in [1.807, 2.05) is 5.32 Å². The van der Waals surface area contributed by atoms with Gasteiger partial charge >= 0.3 is 18.1 Å². The van der Waals surface area contributed by atoms with Crippen molar-refractivity contribution in [2.24, 2.45) is 17.8 Å². The third-order valence-electron chi connectivity index (χ3n) is 3.75. The highest BCUT2D eigenvalue weighted by atomic mass is 19.4. The molecule has 0 spiro atoms. The predicted octanol–water partition coefficient (Wildman–Crippen LogP) is 1.16. The van der Waals surface area contributed by atoms with Gasteiger partial charge in [0.15, 0.2) is 0 Å². The van der Waals surface area contributed by atoms with Gasteiger partial charge in [-0.25, -0.2) is 0 Å². The normalized spacial score (nSPS) is 35.9. The third-order valence-corrected chi connectivity index (χ3v) is 3.75. The number of alkyl halides is 3. The zero-order valence-electron chi connectivity index (χ0n) is 8.83. The molecule has 2 fully saturated rings. The Bertz CT molecular complexity index is 355. The number of carbonyl (C=O) groups is 2. The van der Waals surface area contributed by atoms with E-state index in [1.54, 1.807) is 0 Å². The van der Waals surface area contributed by atoms with Gasteiger partial charge in [-0.1, -0.05) is 0 Å². The molecule has 0 aromatic heterocycles. The molecule has 2 aliphatic carbocycles. The van der Waals surface area contributed by atoms with Crippen LogP contribution in [0.4, 0.5) is 13.2 Å². The molecule has 2 aliphatic rings. The minimum atomic E-state index is -4.87. The molecule has 0 radical (unpaired) electrons. The Morgan fingerprint density at radius 1 is 1.12 bits per heavy atom. The molecule has 17 heavy (non-hydrogen) atoms. The fourth-order valence-corrected chi connectivity index (χ4v) is 3.01. The van der Waals surface area contributed by atoms with Crippen LogP contribution < -0.4 is 5.32 Å². The Labute approximate surface area is 95.2 Å². The average molecular weight is 251 g/mol. The zero-order valence-corrected chi connectivity index (χ0v) is 8.83. The van der Waals surface area contributed by atoms with Crippen LogP contribution >= 0.6 is 0 Å². The summed E-state index contributed by atoms with van der Waals surface area (Å²) < 4.78 is 36.1. The summed E-state index contributed by atoms with van der Waals surface area (Å²) in [5, 5.41) is 10.8. The van der Waals surface area contributed by atoms with E-state index in [4.69, 9.17) is 5.11 Å². The molecule has 0 aromatic rings. The number of rotatable bonds is 2. The number of aliphatic carboxylic acids is 1. The number of hydrogen-bond acceptors (Lipinski definition) is 2. The molecule has 1 amide bonds. The minimum Gasteiger partial charge on any atom is -0.481 e. The van der Waals surface area contributed by atoms with E-state index in [2.05, 4.69) is 0 Å². The van der Waals surface area contributed by atoms with Gasteiger partial charge in [0.25, 0.3) is 0 Å². The van der Waals surface area contributed by atoms with E-state index in [-0.39, 0.29) is 11.8 Å². The summed E-state index contributed by atoms with van der Waals surface area (Å²) in [6.45, 7) is 0. The number of hydrogen-bond donors (Lipinski definition) is 2. The van der Waals surface area contributed by atoms with Crippen LogP contribution in [-0.4, -0.2) is 29.2 Å². The second-order valence-electron chi connectivity index (χ2n) is 4.75. The van der Waals surface area contributed by atoms with Gasteiger partial charge in [0.1, 0.15) is 0 Å². The van der Waals surface area contributed by atoms with Gasteiger partial charge in [-0.3, -0.25) is 9.59 Å². The van der Waals surface area contributed by atoms with Crippen LogP contribution in [0.15, 0.2) is 0 Å². The molecule has 7 heteroatoms. The number of carboxylic acid groups (broad SMARTS) is 1. The zero-order chi connectivity index (χ0) is 12.8. The van der Waals surface area contributed by atoms with Crippen LogP contribution in [0.3, 0.4) is 0 Å². The first-order chi connectivity index (χ1) is 7.79. The van der Waals surface area contributed by atoms with Crippen molar-refractivity contribution in [1.82, 2.24) is 5.32 Å². The molecule has 4 atom stereocenters. The fourth-order valence-electron chi connectivity index (χ4n) is 3.01. The Kier molecular flexibility index (Phi) is 2.79. The standard InChI is InChI=1S/C10H12F3NO3/c11-10(12,13)9(17)14-7-3-4-1-5(7)2-6(4)8(15)16/h4-7H,1-3H2,(H,14,17)(H,15,16). The SMILES string of the molecule is O=C(O)C1CC2CC1CC2NC(=O)C(F)(F)F. The lowest BCUT2D eigenvalue weighted by molar-refractivity contribution is -0.174. The van der Waals surface area contributed by atoms with E-state index < -0.39 is 30.0 Å². The second-order valence-corrected chi connectivity index (χ2v) is 4.75. The van der Waals surface area contributed by atoms with Crippen LogP contribution in [0.25, 0.3) is 0 Å². The molecule has 0 saturated heterocycles. The lowest BCUT2D eigenvalue weighted by Gasteiger charge is -2.26. The van der Waals surface area contributed by atoms with Gasteiger partial charge in [0.2, 0.25) is 0 Å². The smallest absolute Gasteiger partial charge is 0.471 e. The Morgan fingerprint density at radius 2 is 1.76 bits per heavy atom. The van der Waals surface area contributed by atoms with Crippen molar-refractivity contribution < 1.29 is 27.9 Å². The summed E-state index contributed by atoms with van der Waals surface area (Å²) in [5.74, 6) is -3.51. The molecular weight excluding hydrogens is 239 g/mol. The Balaban J connectivity index is 1.93. The van der Waals surface area contributed by atoms with Crippen molar-refractivity contribution in [1.29, 1.82) is 0 Å². The topological polar surface area (TPSA) is 66.4 Å². The van der Waals surface area contributed by atoms with E-state index in [1.165, 1.54) is 0 Å². The number of carbonyl (C=O) groups excluding carboxylic acids is 1. The minimum absolute atomic E-state index is 0.101. The molecule has 2 rings (SSSR count). The molecule has 0 aromatic carbocycles. The van der Waals surface area contributed by atoms with Crippen LogP contribution in [0.5, 0.6) is 0 Å². The third kappa shape index (κ3) is 2.23. The first-order valence-corrected chi connectivity index (χ1v) is 5.39. The first kappa shape index (κ1) is 12.2. The molecule has 0 aliphatic heterocycles. The number of nitrogens with one attached hydrogen (secondary N) is 1. The van der Waals surface area contributed by atoms with E-state index in [0.29, 0.717) is 19.3 Å². The monoisotopic (exact) mass is 251 g/mol. The van der Waals surface area contributed by atoms with E-state index in [0.717, 1.165) is 0 Å². The Morgan fingerprint density at radius 3 is 2.18 bits per heavy atom. The molecular formula is C10H12F3NO3. The summed E-state index contributed by atoms with van der Waals surface area (Å²) >= 11 is 0. The number of amides is 1. The molecule has 4 unspecified atom stereocenters. The van der Waals surface area contributed by atoms with Gasteiger partial charge in [-0.05, 0) is 31.1 Å². The number of fused-ring (bicyclic) bond motifs is 2. The van der Waals surface area contributed by atoms with Crippen LogP contribution in [0, 0.1) is 17.8 Å². The van der Waals surface area contributed by atoms with Crippen molar-refractivity contribution >= 4 is 11.9 Å². The van der Waals surface area contributed by atoms with Gasteiger partial charge in [0, 0.05) is 6.04 Å². The summed E-state index contributed by atoms with van der Waals surface area (Å²) in [5.41, 5.74) is 0. The quantitative estimate of drug-likeness (QED) is 0.774. The maximum atomic E-state index is 12.0. The van der Waals surface area contributed by atoms with E-state index in [9.17, 15) is 22.8 Å². The summed E-state index contributed by atoms with van der Waals surface area (Å²) in [6.07, 6.45) is -3.57. The van der Waals surface area contributed by atoms with Crippen LogP contribution in [0.1, 0.15) is 19.3 Å². The van der Waals surface area contributed by atoms with Crippen molar-refractivity contribution in [2.45, 2.75) is 31.5 Å². The number of carboxylic acids is 1. The second kappa shape index (κ2) is 3.89. The van der Waals surface area contributed by atoms with Gasteiger partial charge in [0.05, 0.1) is 5.92 Å². The summed E-state index contributed by atoms with van der Waals surface area (Å²) in [6, 6.07) is -0.523. The highest BCUT2D eigenvalue weighted by molar-refractivity contribution is 5.82. The summed E-state index contributed by atoms with van der Waals surface area (Å²) in [7, 11) is 0. The van der Waals surface area contributed by atoms with Crippen molar-refractivity contribution in [3.8, 4) is 0 Å². The predicted molar refractivity (Wildman–Crippen MR) is 49.9 cm³/mol. The number of halogens is 3. The highest BCUT2D eigenvalue weighted by Gasteiger charge is 2.51. The average Bonchev–Trinajstić information content (AvgIpc) is 2.74. The molecule has 0 heterocycles. The van der Waals surface area contributed by atoms with Crippen LogP contribution in [0.2, 0.25) is 0 Å². The van der Waals surface area contributed by atoms with Crippen molar-refractivity contribution in [3.63, 3.8) is 0 Å². The largest absolute Gasteiger partial charge is 0.481 e. The molecule has 96 valence electrons. The molecule has 4 nitrogen and oxygen atoms in total. The fraction of sp³-hybridized carbons (Fsp3) is 0.800. The van der Waals surface area contributed by atoms with Crippen LogP contribution in [-0.2, 0) is 9.59 Å². The molecule has 2 bridgehead atoms. The lowest BCUT2D eigenvalue weighted by atomic mass is 9.86. The van der Waals surface area contributed by atoms with Crippen molar-refractivity contribution in [2.75, 3.05) is 0 Å².